The molecule has 0 atom stereocenters. The van der Waals surface area contributed by atoms with Crippen LogP contribution in [0.25, 0.3) is 5.65 Å². The van der Waals surface area contributed by atoms with Gasteiger partial charge in [-0.3, -0.25) is 9.20 Å². The third-order valence-electron chi connectivity index (χ3n) is 4.10. The number of carbonyl (C=O) groups is 1. The van der Waals surface area contributed by atoms with E-state index in [2.05, 4.69) is 15.6 Å². The van der Waals surface area contributed by atoms with Crippen LogP contribution in [0.4, 0.5) is 16.2 Å². The van der Waals surface area contributed by atoms with Crippen LogP contribution in [0.2, 0.25) is 0 Å². The van der Waals surface area contributed by atoms with Gasteiger partial charge in [0.2, 0.25) is 6.79 Å². The Kier molecular flexibility index (Phi) is 3.72. The Bertz CT molecular complexity index is 1090. The van der Waals surface area contributed by atoms with Crippen LogP contribution in [0, 0.1) is 13.8 Å². The lowest BCUT2D eigenvalue weighted by atomic mass is 10.2. The number of rotatable bonds is 2. The lowest BCUT2D eigenvalue weighted by Gasteiger charge is -2.11. The van der Waals surface area contributed by atoms with Crippen molar-refractivity contribution >= 4 is 23.1 Å². The second-order valence-corrected chi connectivity index (χ2v) is 5.91. The van der Waals surface area contributed by atoms with Crippen LogP contribution in [0.15, 0.2) is 41.3 Å². The van der Waals surface area contributed by atoms with Crippen molar-refractivity contribution in [2.75, 3.05) is 17.4 Å². The molecular formula is C18H16N4O4. The summed E-state index contributed by atoms with van der Waals surface area (Å²) in [6, 6.07) is 8.15. The van der Waals surface area contributed by atoms with Crippen molar-refractivity contribution in [3.8, 4) is 11.5 Å². The normalized spacial score (nSPS) is 12.2. The van der Waals surface area contributed by atoms with Gasteiger partial charge in [0, 0.05) is 18.0 Å². The highest BCUT2D eigenvalue weighted by molar-refractivity contribution is 6.00. The van der Waals surface area contributed by atoms with E-state index in [0.29, 0.717) is 28.5 Å². The zero-order valence-corrected chi connectivity index (χ0v) is 14.2. The number of anilines is 2. The minimum Gasteiger partial charge on any atom is -0.454 e. The van der Waals surface area contributed by atoms with E-state index >= 15 is 0 Å². The third-order valence-corrected chi connectivity index (χ3v) is 4.10. The van der Waals surface area contributed by atoms with Crippen molar-refractivity contribution in [1.29, 1.82) is 0 Å². The van der Waals surface area contributed by atoms with Crippen molar-refractivity contribution in [2.24, 2.45) is 0 Å². The molecule has 1 aliphatic heterocycles. The molecule has 0 saturated carbocycles. The Labute approximate surface area is 148 Å². The number of nitrogens with one attached hydrogen (secondary N) is 2. The van der Waals surface area contributed by atoms with Crippen LogP contribution < -0.4 is 25.7 Å². The van der Waals surface area contributed by atoms with Gasteiger partial charge < -0.3 is 20.1 Å². The zero-order chi connectivity index (χ0) is 18.3. The van der Waals surface area contributed by atoms with E-state index in [9.17, 15) is 9.59 Å². The summed E-state index contributed by atoms with van der Waals surface area (Å²) in [6.07, 6.45) is 1.62. The fraction of sp³-hybridized carbons (Fsp3) is 0.167. The summed E-state index contributed by atoms with van der Waals surface area (Å²) >= 11 is 0. The van der Waals surface area contributed by atoms with Crippen molar-refractivity contribution < 1.29 is 14.3 Å². The smallest absolute Gasteiger partial charge is 0.323 e. The van der Waals surface area contributed by atoms with Crippen molar-refractivity contribution in [3.05, 3.63) is 58.1 Å². The maximum atomic E-state index is 12.7. The second-order valence-electron chi connectivity index (χ2n) is 5.91. The second kappa shape index (κ2) is 6.07. The van der Waals surface area contributed by atoms with E-state index in [0.717, 1.165) is 5.56 Å². The largest absolute Gasteiger partial charge is 0.454 e. The molecule has 2 N–H and O–H groups in total. The molecule has 8 heteroatoms. The number of amides is 2. The van der Waals surface area contributed by atoms with Gasteiger partial charge in [-0.05, 0) is 37.6 Å². The predicted octanol–water partition coefficient (Wildman–Crippen LogP) is 2.68. The fourth-order valence-corrected chi connectivity index (χ4v) is 2.80. The Balaban J connectivity index is 1.61. The first-order valence-electron chi connectivity index (χ1n) is 7.99. The molecule has 0 spiro atoms. The lowest BCUT2D eigenvalue weighted by Crippen LogP contribution is -2.28. The maximum Gasteiger partial charge on any atom is 0.323 e. The first-order valence-corrected chi connectivity index (χ1v) is 7.99. The van der Waals surface area contributed by atoms with Crippen molar-refractivity contribution in [2.45, 2.75) is 13.8 Å². The van der Waals surface area contributed by atoms with Crippen molar-refractivity contribution in [3.63, 3.8) is 0 Å². The quantitative estimate of drug-likeness (QED) is 0.739. The zero-order valence-electron chi connectivity index (χ0n) is 14.2. The number of aryl methyl sites for hydroxylation is 2. The number of hydrogen-bond acceptors (Lipinski definition) is 5. The average molecular weight is 352 g/mol. The Morgan fingerprint density at radius 1 is 1.15 bits per heavy atom. The van der Waals surface area contributed by atoms with E-state index in [1.807, 2.05) is 13.0 Å². The van der Waals surface area contributed by atoms with E-state index in [-0.39, 0.29) is 18.0 Å². The number of nitrogens with zero attached hydrogens (tertiary/aromatic N) is 2. The number of carbonyl (C=O) groups excluding carboxylic acids is 1. The molecular weight excluding hydrogens is 336 g/mol. The molecule has 2 amide bonds. The molecule has 0 aliphatic carbocycles. The lowest BCUT2D eigenvalue weighted by molar-refractivity contribution is 0.174. The van der Waals surface area contributed by atoms with Gasteiger partial charge in [0.05, 0.1) is 5.69 Å². The number of benzene rings is 1. The molecule has 0 radical (unpaired) electrons. The molecule has 26 heavy (non-hydrogen) atoms. The van der Waals surface area contributed by atoms with Crippen LogP contribution in [-0.2, 0) is 0 Å². The van der Waals surface area contributed by atoms with E-state index in [4.69, 9.17) is 9.47 Å². The molecule has 3 heterocycles. The minimum absolute atomic E-state index is 0.131. The Hall–Kier alpha value is -3.55. The van der Waals surface area contributed by atoms with Crippen LogP contribution >= 0.6 is 0 Å². The molecule has 0 bridgehead atoms. The summed E-state index contributed by atoms with van der Waals surface area (Å²) in [5.74, 6) is 1.18. The number of urea groups is 1. The number of aromatic nitrogens is 2. The summed E-state index contributed by atoms with van der Waals surface area (Å²) in [5.41, 5.74) is 2.21. The highest BCUT2D eigenvalue weighted by atomic mass is 16.7. The Morgan fingerprint density at radius 2 is 1.96 bits per heavy atom. The van der Waals surface area contributed by atoms with Gasteiger partial charge in [-0.15, -0.1) is 0 Å². The molecule has 1 aliphatic rings. The van der Waals surface area contributed by atoms with Gasteiger partial charge in [-0.2, -0.15) is 0 Å². The van der Waals surface area contributed by atoms with Gasteiger partial charge in [0.15, 0.2) is 11.5 Å². The topological polar surface area (TPSA) is 94.0 Å². The van der Waals surface area contributed by atoms with Gasteiger partial charge in [-0.25, -0.2) is 9.78 Å². The Morgan fingerprint density at radius 3 is 2.81 bits per heavy atom. The number of ether oxygens (including phenoxy) is 2. The molecule has 2 aromatic heterocycles. The number of fused-ring (bicyclic) bond motifs is 2. The van der Waals surface area contributed by atoms with E-state index in [1.165, 1.54) is 4.40 Å². The third kappa shape index (κ3) is 2.71. The minimum atomic E-state index is -0.543. The summed E-state index contributed by atoms with van der Waals surface area (Å²) in [6.45, 7) is 3.72. The van der Waals surface area contributed by atoms with Crippen LogP contribution in [0.5, 0.6) is 11.5 Å². The molecule has 1 aromatic carbocycles. The van der Waals surface area contributed by atoms with Crippen LogP contribution in [-0.4, -0.2) is 22.2 Å². The molecule has 8 nitrogen and oxygen atoms in total. The standard InChI is InChI=1S/C18H16N4O4/c1-10-4-3-7-22-16(10)19-11(2)15(17(22)23)21-18(24)20-12-5-6-13-14(8-12)26-9-25-13/h3-8H,9H2,1-2H3,(H2,20,21,24). The predicted molar refractivity (Wildman–Crippen MR) is 96.1 cm³/mol. The van der Waals surface area contributed by atoms with Gasteiger partial charge in [-0.1, -0.05) is 6.07 Å². The summed E-state index contributed by atoms with van der Waals surface area (Å²) in [4.78, 5) is 29.4. The first kappa shape index (κ1) is 15.9. The van der Waals surface area contributed by atoms with E-state index in [1.54, 1.807) is 37.4 Å². The molecule has 0 saturated heterocycles. The van der Waals surface area contributed by atoms with Gasteiger partial charge in [0.1, 0.15) is 11.3 Å². The van der Waals surface area contributed by atoms with Crippen LogP contribution in [0.3, 0.4) is 0 Å². The average Bonchev–Trinajstić information content (AvgIpc) is 3.07. The number of hydrogen-bond donors (Lipinski definition) is 2. The molecule has 0 unspecified atom stereocenters. The monoisotopic (exact) mass is 352 g/mol. The highest BCUT2D eigenvalue weighted by Gasteiger charge is 2.16. The van der Waals surface area contributed by atoms with Gasteiger partial charge in [0.25, 0.3) is 5.56 Å². The SMILES string of the molecule is Cc1nc2c(C)cccn2c(=O)c1NC(=O)Nc1ccc2c(c1)OCO2. The van der Waals surface area contributed by atoms with Gasteiger partial charge >= 0.3 is 6.03 Å². The first-order chi connectivity index (χ1) is 12.5. The summed E-state index contributed by atoms with van der Waals surface area (Å²) in [5, 5.41) is 5.26. The summed E-state index contributed by atoms with van der Waals surface area (Å²) in [7, 11) is 0. The summed E-state index contributed by atoms with van der Waals surface area (Å²) < 4.78 is 11.9. The maximum absolute atomic E-state index is 12.7. The van der Waals surface area contributed by atoms with E-state index < -0.39 is 6.03 Å². The van der Waals surface area contributed by atoms with Crippen molar-refractivity contribution in [1.82, 2.24) is 9.38 Å². The number of pyridine rings is 1. The van der Waals surface area contributed by atoms with Crippen LogP contribution in [0.1, 0.15) is 11.3 Å². The molecule has 0 fully saturated rings. The molecule has 4 rings (SSSR count). The molecule has 3 aromatic rings. The molecule has 132 valence electrons. The fourth-order valence-electron chi connectivity index (χ4n) is 2.80. The highest BCUT2D eigenvalue weighted by Crippen LogP contribution is 2.34.